The number of benzene rings is 1. The van der Waals surface area contributed by atoms with Crippen LogP contribution in [0.25, 0.3) is 0 Å². The number of likely N-dealkylation sites (tertiary alicyclic amines) is 1. The summed E-state index contributed by atoms with van der Waals surface area (Å²) in [5, 5.41) is 12.9. The summed E-state index contributed by atoms with van der Waals surface area (Å²) in [6.07, 6.45) is 6.52. The Labute approximate surface area is 303 Å². The molecule has 13 heteroatoms. The Kier molecular flexibility index (Phi) is 15.0. The molecule has 0 radical (unpaired) electrons. The molecule has 6 rings (SSSR count). The third kappa shape index (κ3) is 9.03. The fourth-order valence-corrected chi connectivity index (χ4v) is 8.77. The minimum atomic E-state index is -0.894. The molecule has 5 aliphatic rings. The van der Waals surface area contributed by atoms with E-state index in [1.165, 1.54) is 24.8 Å². The van der Waals surface area contributed by atoms with Crippen molar-refractivity contribution in [1.29, 1.82) is 0 Å². The first-order valence-electron chi connectivity index (χ1n) is 19.1. The van der Waals surface area contributed by atoms with Gasteiger partial charge in [0.05, 0.1) is 110 Å². The first kappa shape index (κ1) is 39.1. The number of rotatable bonds is 27. The lowest BCUT2D eigenvalue weighted by atomic mass is 9.48. The van der Waals surface area contributed by atoms with Crippen LogP contribution in [0.3, 0.4) is 0 Å². The largest absolute Gasteiger partial charge is 0.482 e. The number of piperidine rings is 1. The summed E-state index contributed by atoms with van der Waals surface area (Å²) < 4.78 is 63.1. The van der Waals surface area contributed by atoms with Crippen LogP contribution in [0.15, 0.2) is 12.1 Å². The highest BCUT2D eigenvalue weighted by Crippen LogP contribution is 2.66. The first-order valence-corrected chi connectivity index (χ1v) is 19.1. The molecule has 0 aromatic heterocycles. The van der Waals surface area contributed by atoms with Crippen LogP contribution >= 0.6 is 0 Å². The SMILES string of the molecule is COCCOCCOCCOCCOCCOCCOC1CC[C@@]2(O)C3Cc4ccc(OCOCCOC)c5c4[C@@]2(CCN3CC2CCC2)[C@H]1O5. The van der Waals surface area contributed by atoms with Gasteiger partial charge in [-0.05, 0) is 62.6 Å². The van der Waals surface area contributed by atoms with E-state index in [1.807, 2.05) is 6.07 Å². The van der Waals surface area contributed by atoms with Gasteiger partial charge in [0.1, 0.15) is 6.10 Å². The number of hydrogen-bond donors (Lipinski definition) is 1. The predicted octanol–water partition coefficient (Wildman–Crippen LogP) is 2.75. The predicted molar refractivity (Wildman–Crippen MR) is 187 cm³/mol. The van der Waals surface area contributed by atoms with Crippen LogP contribution < -0.4 is 9.47 Å². The second-order valence-corrected chi connectivity index (χ2v) is 14.3. The van der Waals surface area contributed by atoms with E-state index >= 15 is 0 Å². The summed E-state index contributed by atoms with van der Waals surface area (Å²) in [4.78, 5) is 2.60. The molecule has 13 nitrogen and oxygen atoms in total. The molecule has 5 atom stereocenters. The van der Waals surface area contributed by atoms with E-state index in [4.69, 9.17) is 52.1 Å². The Morgan fingerprint density at radius 2 is 1.35 bits per heavy atom. The van der Waals surface area contributed by atoms with Crippen LogP contribution in [-0.4, -0.2) is 160 Å². The van der Waals surface area contributed by atoms with Crippen molar-refractivity contribution in [3.05, 3.63) is 23.3 Å². The minimum absolute atomic E-state index is 0.0695. The van der Waals surface area contributed by atoms with Crippen LogP contribution in [0, 0.1) is 5.92 Å². The lowest BCUT2D eigenvalue weighted by molar-refractivity contribution is -0.218. The maximum absolute atomic E-state index is 12.9. The summed E-state index contributed by atoms with van der Waals surface area (Å²) in [5.41, 5.74) is 0.951. The van der Waals surface area contributed by atoms with Gasteiger partial charge in [0.25, 0.3) is 0 Å². The molecule has 290 valence electrons. The van der Waals surface area contributed by atoms with E-state index in [2.05, 4.69) is 11.0 Å². The van der Waals surface area contributed by atoms with Gasteiger partial charge in [0, 0.05) is 32.4 Å². The van der Waals surface area contributed by atoms with Crippen molar-refractivity contribution in [2.75, 3.05) is 127 Å². The molecule has 1 saturated heterocycles. The van der Waals surface area contributed by atoms with Gasteiger partial charge < -0.3 is 57.2 Å². The molecule has 1 spiro atoms. The van der Waals surface area contributed by atoms with E-state index < -0.39 is 11.0 Å². The van der Waals surface area contributed by atoms with Crippen LogP contribution in [0.5, 0.6) is 11.5 Å². The highest BCUT2D eigenvalue weighted by atomic mass is 16.7. The van der Waals surface area contributed by atoms with Crippen LogP contribution in [-0.2, 0) is 54.5 Å². The fraction of sp³-hybridized carbons (Fsp3) is 0.842. The Bertz CT molecular complexity index is 1190. The topological polar surface area (TPSA) is 125 Å². The second kappa shape index (κ2) is 19.6. The summed E-state index contributed by atoms with van der Waals surface area (Å²) in [7, 11) is 3.30. The number of aliphatic hydroxyl groups is 1. The van der Waals surface area contributed by atoms with Crippen molar-refractivity contribution in [3.8, 4) is 11.5 Å². The van der Waals surface area contributed by atoms with E-state index in [9.17, 15) is 5.11 Å². The zero-order valence-electron chi connectivity index (χ0n) is 30.8. The van der Waals surface area contributed by atoms with Crippen molar-refractivity contribution in [2.24, 2.45) is 5.92 Å². The van der Waals surface area contributed by atoms with E-state index in [0.717, 1.165) is 49.6 Å². The van der Waals surface area contributed by atoms with Crippen LogP contribution in [0.4, 0.5) is 0 Å². The van der Waals surface area contributed by atoms with Gasteiger partial charge >= 0.3 is 0 Å². The van der Waals surface area contributed by atoms with Gasteiger partial charge in [0.2, 0.25) is 0 Å². The number of ether oxygens (including phenoxy) is 11. The average Bonchev–Trinajstić information content (AvgIpc) is 3.47. The summed E-state index contributed by atoms with van der Waals surface area (Å²) >= 11 is 0. The quantitative estimate of drug-likeness (QED) is 0.106. The monoisotopic (exact) mass is 723 g/mol. The Hall–Kier alpha value is -1.62. The minimum Gasteiger partial charge on any atom is -0.482 e. The molecule has 2 saturated carbocycles. The Balaban J connectivity index is 0.959. The average molecular weight is 724 g/mol. The summed E-state index contributed by atoms with van der Waals surface area (Å²) in [6.45, 7) is 9.24. The van der Waals surface area contributed by atoms with E-state index in [-0.39, 0.29) is 25.0 Å². The third-order valence-corrected chi connectivity index (χ3v) is 11.4. The molecule has 3 fully saturated rings. The summed E-state index contributed by atoms with van der Waals surface area (Å²) in [5.74, 6) is 2.16. The van der Waals surface area contributed by atoms with E-state index in [0.29, 0.717) is 105 Å². The van der Waals surface area contributed by atoms with Crippen molar-refractivity contribution >= 4 is 0 Å². The van der Waals surface area contributed by atoms with Gasteiger partial charge in [-0.1, -0.05) is 12.5 Å². The zero-order chi connectivity index (χ0) is 35.4. The van der Waals surface area contributed by atoms with Crippen molar-refractivity contribution < 1.29 is 57.2 Å². The van der Waals surface area contributed by atoms with Crippen molar-refractivity contribution in [1.82, 2.24) is 4.90 Å². The van der Waals surface area contributed by atoms with Crippen LogP contribution in [0.1, 0.15) is 49.7 Å². The molecule has 2 aliphatic heterocycles. The molecule has 2 heterocycles. The fourth-order valence-electron chi connectivity index (χ4n) is 8.77. The molecular weight excluding hydrogens is 662 g/mol. The van der Waals surface area contributed by atoms with Gasteiger partial charge in [-0.25, -0.2) is 0 Å². The normalized spacial score (nSPS) is 28.0. The number of methoxy groups -OCH3 is 2. The highest BCUT2D eigenvalue weighted by molar-refractivity contribution is 5.63. The standard InChI is InChI=1S/C38H61NO12/c1-41-12-14-43-16-17-44-18-19-45-20-21-46-22-23-47-24-25-49-32-8-9-38(40)33-26-30-6-7-31(50-28-48-15-13-42-2)35-34(30)37(38,36(32)51-35)10-11-39(33)27-29-4-3-5-29/h6-7,29,32-33,36,40H,3-5,8-28H2,1-2H3/t32?,33?,36-,37-,38+/m0/s1. The molecule has 0 amide bonds. The summed E-state index contributed by atoms with van der Waals surface area (Å²) in [6, 6.07) is 4.26. The van der Waals surface area contributed by atoms with Crippen molar-refractivity contribution in [3.63, 3.8) is 0 Å². The second-order valence-electron chi connectivity index (χ2n) is 14.3. The molecule has 2 bridgehead atoms. The van der Waals surface area contributed by atoms with Crippen molar-refractivity contribution in [2.45, 2.75) is 74.2 Å². The smallest absolute Gasteiger partial charge is 0.189 e. The zero-order valence-corrected chi connectivity index (χ0v) is 30.8. The number of hydrogen-bond acceptors (Lipinski definition) is 13. The number of nitrogens with zero attached hydrogens (tertiary/aromatic N) is 1. The lowest BCUT2D eigenvalue weighted by Crippen LogP contribution is -2.77. The third-order valence-electron chi connectivity index (χ3n) is 11.4. The maximum Gasteiger partial charge on any atom is 0.189 e. The van der Waals surface area contributed by atoms with Gasteiger partial charge in [0.15, 0.2) is 18.3 Å². The Morgan fingerprint density at radius 1 is 0.745 bits per heavy atom. The lowest BCUT2D eigenvalue weighted by Gasteiger charge is -2.64. The van der Waals surface area contributed by atoms with Crippen LogP contribution in [0.2, 0.25) is 0 Å². The van der Waals surface area contributed by atoms with Gasteiger partial charge in [-0.15, -0.1) is 0 Å². The molecule has 51 heavy (non-hydrogen) atoms. The first-order chi connectivity index (χ1) is 25.1. The molecule has 2 unspecified atom stereocenters. The van der Waals surface area contributed by atoms with Gasteiger partial charge in [-0.3, -0.25) is 4.90 Å². The maximum atomic E-state index is 12.9. The van der Waals surface area contributed by atoms with E-state index in [1.54, 1.807) is 14.2 Å². The molecular formula is C38H61NO12. The molecule has 1 aromatic carbocycles. The van der Waals surface area contributed by atoms with Gasteiger partial charge in [-0.2, -0.15) is 0 Å². The molecule has 3 aliphatic carbocycles. The Morgan fingerprint density at radius 3 is 1.96 bits per heavy atom. The molecule has 1 aromatic rings. The molecule has 1 N–H and O–H groups in total. The highest BCUT2D eigenvalue weighted by Gasteiger charge is 2.73.